The summed E-state index contributed by atoms with van der Waals surface area (Å²) in [5, 5.41) is 0. The fourth-order valence-electron chi connectivity index (χ4n) is 3.46. The first-order chi connectivity index (χ1) is 13.2. The van der Waals surface area contributed by atoms with E-state index in [9.17, 15) is 9.18 Å². The molecule has 1 amide bonds. The van der Waals surface area contributed by atoms with E-state index < -0.39 is 0 Å². The average molecular weight is 365 g/mol. The smallest absolute Gasteiger partial charge is 0.253 e. The van der Waals surface area contributed by atoms with Gasteiger partial charge in [0.2, 0.25) is 0 Å². The van der Waals surface area contributed by atoms with Gasteiger partial charge in [-0.3, -0.25) is 9.78 Å². The Kier molecular flexibility index (Phi) is 4.96. The van der Waals surface area contributed by atoms with E-state index in [1.807, 2.05) is 4.90 Å². The molecule has 1 atom stereocenters. The molecule has 2 aromatic heterocycles. The van der Waals surface area contributed by atoms with Gasteiger partial charge in [-0.15, -0.1) is 0 Å². The molecule has 0 unspecified atom stereocenters. The minimum atomic E-state index is -0.248. The van der Waals surface area contributed by atoms with Gasteiger partial charge in [0.25, 0.3) is 5.91 Å². The third kappa shape index (κ3) is 3.89. The van der Waals surface area contributed by atoms with Crippen molar-refractivity contribution in [1.29, 1.82) is 0 Å². The molecule has 3 aromatic rings. The Morgan fingerprint density at radius 3 is 2.85 bits per heavy atom. The molecule has 6 heteroatoms. The summed E-state index contributed by atoms with van der Waals surface area (Å²) in [6, 6.07) is 10.1. The molecule has 0 saturated carbocycles. The second kappa shape index (κ2) is 7.70. The molecule has 1 aliphatic rings. The molecular weight excluding hydrogens is 345 g/mol. The number of piperidine rings is 1. The van der Waals surface area contributed by atoms with Crippen molar-refractivity contribution >= 4 is 5.91 Å². The van der Waals surface area contributed by atoms with Crippen LogP contribution in [0.4, 0.5) is 4.39 Å². The van der Waals surface area contributed by atoms with Gasteiger partial charge < -0.3 is 9.32 Å². The normalized spacial score (nSPS) is 17.1. The molecule has 27 heavy (non-hydrogen) atoms. The molecule has 0 N–H and O–H groups in total. The number of hydrogen-bond acceptors (Lipinski definition) is 4. The highest BCUT2D eigenvalue weighted by Crippen LogP contribution is 2.28. The molecule has 5 nitrogen and oxygen atoms in total. The van der Waals surface area contributed by atoms with Gasteiger partial charge >= 0.3 is 0 Å². The molecule has 4 rings (SSSR count). The number of likely N-dealkylation sites (tertiary alicyclic amines) is 1. The first-order valence-corrected chi connectivity index (χ1v) is 9.08. The largest absolute Gasteiger partial charge is 0.445 e. The lowest BCUT2D eigenvalue weighted by Crippen LogP contribution is -2.39. The Morgan fingerprint density at radius 1 is 1.22 bits per heavy atom. The third-order valence-corrected chi connectivity index (χ3v) is 4.88. The van der Waals surface area contributed by atoms with E-state index in [1.165, 1.54) is 6.07 Å². The molecule has 0 bridgehead atoms. The van der Waals surface area contributed by atoms with Crippen LogP contribution in [0.1, 0.15) is 46.3 Å². The zero-order chi connectivity index (χ0) is 18.6. The number of benzene rings is 1. The van der Waals surface area contributed by atoms with Gasteiger partial charge in [-0.25, -0.2) is 9.37 Å². The van der Waals surface area contributed by atoms with Crippen LogP contribution in [0.2, 0.25) is 0 Å². The van der Waals surface area contributed by atoms with Crippen molar-refractivity contribution in [2.45, 2.75) is 25.2 Å². The van der Waals surface area contributed by atoms with Crippen LogP contribution in [0.15, 0.2) is 59.4 Å². The number of oxazole rings is 1. The number of amides is 1. The lowest BCUT2D eigenvalue weighted by molar-refractivity contribution is 0.0698. The Balaban J connectivity index is 1.45. The maximum absolute atomic E-state index is 13.8. The van der Waals surface area contributed by atoms with Gasteiger partial charge in [-0.1, -0.05) is 18.2 Å². The number of halogens is 1. The lowest BCUT2D eigenvalue weighted by atomic mass is 9.97. The van der Waals surface area contributed by atoms with Crippen LogP contribution in [0.3, 0.4) is 0 Å². The molecular formula is C21H20FN3O2. The standard InChI is InChI=1S/C21H20FN3O2/c22-19-6-2-1-4-16(19)12-18-13-24-20(27-18)17-5-3-11-25(14-17)21(26)15-7-9-23-10-8-15/h1-2,4,6-10,13,17H,3,5,11-12,14H2/t17-/m1/s1. The Morgan fingerprint density at radius 2 is 2.04 bits per heavy atom. The number of pyridine rings is 1. The Hall–Kier alpha value is -3.02. The SMILES string of the molecule is O=C(c1ccncc1)N1CCC[C@@H](c2ncc(Cc3ccccc3F)o2)C1. The van der Waals surface area contributed by atoms with Crippen molar-refractivity contribution in [3.63, 3.8) is 0 Å². The molecule has 0 spiro atoms. The van der Waals surface area contributed by atoms with E-state index in [1.54, 1.807) is 48.9 Å². The summed E-state index contributed by atoms with van der Waals surface area (Å²) in [5.41, 5.74) is 1.22. The highest BCUT2D eigenvalue weighted by atomic mass is 19.1. The number of rotatable bonds is 4. The van der Waals surface area contributed by atoms with Crippen molar-refractivity contribution < 1.29 is 13.6 Å². The summed E-state index contributed by atoms with van der Waals surface area (Å²) in [6.07, 6.45) is 7.08. The minimum absolute atomic E-state index is 0.000219. The number of aromatic nitrogens is 2. The minimum Gasteiger partial charge on any atom is -0.445 e. The summed E-state index contributed by atoms with van der Waals surface area (Å²) in [5.74, 6) is 1.06. The predicted molar refractivity (Wildman–Crippen MR) is 97.8 cm³/mol. The van der Waals surface area contributed by atoms with E-state index in [4.69, 9.17) is 4.42 Å². The zero-order valence-corrected chi connectivity index (χ0v) is 14.8. The fourth-order valence-corrected chi connectivity index (χ4v) is 3.46. The first kappa shape index (κ1) is 17.4. The third-order valence-electron chi connectivity index (χ3n) is 4.88. The first-order valence-electron chi connectivity index (χ1n) is 9.08. The van der Waals surface area contributed by atoms with Crippen LogP contribution in [-0.4, -0.2) is 33.9 Å². The van der Waals surface area contributed by atoms with Crippen LogP contribution in [0, 0.1) is 5.82 Å². The molecule has 0 aliphatic carbocycles. The van der Waals surface area contributed by atoms with E-state index in [0.717, 1.165) is 19.4 Å². The van der Waals surface area contributed by atoms with E-state index in [2.05, 4.69) is 9.97 Å². The number of nitrogens with zero attached hydrogens (tertiary/aromatic N) is 3. The van der Waals surface area contributed by atoms with Gasteiger partial charge in [0.1, 0.15) is 11.6 Å². The van der Waals surface area contributed by atoms with Crippen LogP contribution in [-0.2, 0) is 6.42 Å². The van der Waals surface area contributed by atoms with Crippen molar-refractivity contribution in [3.8, 4) is 0 Å². The van der Waals surface area contributed by atoms with Gasteiger partial charge in [0, 0.05) is 37.5 Å². The molecule has 1 fully saturated rings. The van der Waals surface area contributed by atoms with Gasteiger partial charge in [-0.2, -0.15) is 0 Å². The average Bonchev–Trinajstić information content (AvgIpc) is 3.19. The summed E-state index contributed by atoms with van der Waals surface area (Å²) in [6.45, 7) is 1.29. The molecule has 1 saturated heterocycles. The highest BCUT2D eigenvalue weighted by Gasteiger charge is 2.28. The summed E-state index contributed by atoms with van der Waals surface area (Å²) in [7, 11) is 0. The van der Waals surface area contributed by atoms with E-state index in [0.29, 0.717) is 35.7 Å². The van der Waals surface area contributed by atoms with Crippen LogP contribution < -0.4 is 0 Å². The van der Waals surface area contributed by atoms with Gasteiger partial charge in [-0.05, 0) is 36.6 Å². The second-order valence-corrected chi connectivity index (χ2v) is 6.76. The van der Waals surface area contributed by atoms with E-state index in [-0.39, 0.29) is 17.6 Å². The molecule has 138 valence electrons. The predicted octanol–water partition coefficient (Wildman–Crippen LogP) is 3.82. The topological polar surface area (TPSA) is 59.2 Å². The molecule has 0 radical (unpaired) electrons. The van der Waals surface area contributed by atoms with Crippen molar-refractivity contribution in [2.75, 3.05) is 13.1 Å². The number of hydrogen-bond donors (Lipinski definition) is 0. The van der Waals surface area contributed by atoms with Crippen LogP contribution in [0.25, 0.3) is 0 Å². The van der Waals surface area contributed by atoms with Gasteiger partial charge in [0.15, 0.2) is 5.89 Å². The summed E-state index contributed by atoms with van der Waals surface area (Å²) < 4.78 is 19.7. The Bertz CT molecular complexity index is 926. The van der Waals surface area contributed by atoms with Crippen molar-refractivity contribution in [3.05, 3.63) is 83.6 Å². The van der Waals surface area contributed by atoms with Crippen molar-refractivity contribution in [1.82, 2.24) is 14.9 Å². The second-order valence-electron chi connectivity index (χ2n) is 6.76. The highest BCUT2D eigenvalue weighted by molar-refractivity contribution is 5.94. The molecule has 3 heterocycles. The maximum Gasteiger partial charge on any atom is 0.253 e. The van der Waals surface area contributed by atoms with Gasteiger partial charge in [0.05, 0.1) is 12.1 Å². The summed E-state index contributed by atoms with van der Waals surface area (Å²) in [4.78, 5) is 22.9. The van der Waals surface area contributed by atoms with Crippen LogP contribution >= 0.6 is 0 Å². The fraction of sp³-hybridized carbons (Fsp3) is 0.286. The zero-order valence-electron chi connectivity index (χ0n) is 14.8. The molecule has 1 aliphatic heterocycles. The lowest BCUT2D eigenvalue weighted by Gasteiger charge is -2.31. The maximum atomic E-state index is 13.8. The van der Waals surface area contributed by atoms with E-state index >= 15 is 0 Å². The quantitative estimate of drug-likeness (QED) is 0.705. The summed E-state index contributed by atoms with van der Waals surface area (Å²) >= 11 is 0. The monoisotopic (exact) mass is 365 g/mol. The number of carbonyl (C=O) groups excluding carboxylic acids is 1. The molecule has 1 aromatic carbocycles. The van der Waals surface area contributed by atoms with Crippen LogP contribution in [0.5, 0.6) is 0 Å². The number of carbonyl (C=O) groups is 1. The Labute approximate surface area is 156 Å². The van der Waals surface area contributed by atoms with Crippen molar-refractivity contribution in [2.24, 2.45) is 0 Å².